The number of nitrogens with one attached hydrogen (secondary N) is 2. The predicted octanol–water partition coefficient (Wildman–Crippen LogP) is 4.02. The molecule has 2 amide bonds. The molecule has 1 unspecified atom stereocenters. The molecule has 1 fully saturated rings. The second-order valence-electron chi connectivity index (χ2n) is 6.83. The smallest absolute Gasteiger partial charge is 0.253 e. The molecule has 0 aliphatic heterocycles. The first kappa shape index (κ1) is 18.1. The monoisotopic (exact) mass is 354 g/mol. The molecule has 0 heterocycles. The number of halogens is 1. The second kappa shape index (κ2) is 7.68. The summed E-state index contributed by atoms with van der Waals surface area (Å²) in [4.78, 5) is 24.6. The lowest BCUT2D eigenvalue weighted by Gasteiger charge is -2.18. The average Bonchev–Trinajstić information content (AvgIpc) is 3.47. The summed E-state index contributed by atoms with van der Waals surface area (Å²) >= 11 is 0. The average molecular weight is 354 g/mol. The molecule has 1 aliphatic rings. The summed E-state index contributed by atoms with van der Waals surface area (Å²) in [7, 11) is 1.56. The van der Waals surface area contributed by atoms with E-state index < -0.39 is 0 Å². The van der Waals surface area contributed by atoms with Crippen LogP contribution in [-0.2, 0) is 4.79 Å². The molecule has 2 N–H and O–H groups in total. The Balaban J connectivity index is 1.76. The number of aryl methyl sites for hydroxylation is 1. The molecule has 0 aromatic heterocycles. The molecule has 26 heavy (non-hydrogen) atoms. The van der Waals surface area contributed by atoms with Crippen LogP contribution in [0.5, 0.6) is 0 Å². The van der Waals surface area contributed by atoms with Gasteiger partial charge in [0.25, 0.3) is 5.91 Å². The van der Waals surface area contributed by atoms with Gasteiger partial charge in [0.2, 0.25) is 5.91 Å². The normalized spacial score (nSPS) is 14.6. The van der Waals surface area contributed by atoms with E-state index in [9.17, 15) is 14.0 Å². The van der Waals surface area contributed by atoms with Gasteiger partial charge in [-0.25, -0.2) is 4.39 Å². The second-order valence-corrected chi connectivity index (χ2v) is 6.83. The highest BCUT2D eigenvalue weighted by Gasteiger charge is 2.34. The van der Waals surface area contributed by atoms with Crippen molar-refractivity contribution < 1.29 is 14.0 Å². The predicted molar refractivity (Wildman–Crippen MR) is 99.7 cm³/mol. The quantitative estimate of drug-likeness (QED) is 0.823. The molecular weight excluding hydrogens is 331 g/mol. The van der Waals surface area contributed by atoms with Crippen LogP contribution < -0.4 is 10.6 Å². The van der Waals surface area contributed by atoms with Crippen LogP contribution in [0.1, 0.15) is 46.7 Å². The molecule has 2 aromatic rings. The van der Waals surface area contributed by atoms with Gasteiger partial charge in [-0.05, 0) is 60.9 Å². The Hall–Kier alpha value is -2.69. The van der Waals surface area contributed by atoms with Crippen molar-refractivity contribution >= 4 is 17.5 Å². The van der Waals surface area contributed by atoms with Crippen molar-refractivity contribution in [1.82, 2.24) is 5.32 Å². The van der Waals surface area contributed by atoms with Gasteiger partial charge in [0, 0.05) is 13.5 Å². The summed E-state index contributed by atoms with van der Waals surface area (Å²) in [5, 5.41) is 5.44. The number of benzene rings is 2. The van der Waals surface area contributed by atoms with Gasteiger partial charge in [0.05, 0.1) is 11.3 Å². The van der Waals surface area contributed by atoms with Crippen molar-refractivity contribution in [3.63, 3.8) is 0 Å². The maximum absolute atomic E-state index is 13.6. The number of hydrogen-bond acceptors (Lipinski definition) is 2. The molecule has 1 aliphatic carbocycles. The molecule has 3 rings (SSSR count). The van der Waals surface area contributed by atoms with Crippen LogP contribution in [0.25, 0.3) is 0 Å². The first-order valence-corrected chi connectivity index (χ1v) is 8.86. The van der Waals surface area contributed by atoms with Crippen LogP contribution in [0.4, 0.5) is 10.1 Å². The minimum absolute atomic E-state index is 0.0708. The van der Waals surface area contributed by atoms with Crippen molar-refractivity contribution in [2.24, 2.45) is 5.92 Å². The van der Waals surface area contributed by atoms with Crippen LogP contribution >= 0.6 is 0 Å². The zero-order valence-corrected chi connectivity index (χ0v) is 15.0. The largest absolute Gasteiger partial charge is 0.355 e. The van der Waals surface area contributed by atoms with Crippen LogP contribution in [0.2, 0.25) is 0 Å². The van der Waals surface area contributed by atoms with E-state index in [-0.39, 0.29) is 23.5 Å². The van der Waals surface area contributed by atoms with Crippen molar-refractivity contribution in [2.45, 2.75) is 32.1 Å². The van der Waals surface area contributed by atoms with Gasteiger partial charge in [-0.1, -0.05) is 24.3 Å². The lowest BCUT2D eigenvalue weighted by atomic mass is 9.89. The molecule has 0 radical (unpaired) electrons. The SMILES string of the molecule is CNC(=O)c1ccccc1NC(=O)CC(c1ccc(F)c(C)c1)C1CC1. The lowest BCUT2D eigenvalue weighted by molar-refractivity contribution is -0.116. The number of rotatable bonds is 6. The number of hydrogen-bond donors (Lipinski definition) is 2. The van der Waals surface area contributed by atoms with E-state index in [1.807, 2.05) is 6.07 Å². The maximum atomic E-state index is 13.6. The van der Waals surface area contributed by atoms with Crippen LogP contribution in [-0.4, -0.2) is 18.9 Å². The third-order valence-corrected chi connectivity index (χ3v) is 4.88. The van der Waals surface area contributed by atoms with E-state index in [2.05, 4.69) is 10.6 Å². The fourth-order valence-corrected chi connectivity index (χ4v) is 3.28. The van der Waals surface area contributed by atoms with Gasteiger partial charge >= 0.3 is 0 Å². The molecule has 2 aromatic carbocycles. The highest BCUT2D eigenvalue weighted by atomic mass is 19.1. The van der Waals surface area contributed by atoms with Crippen LogP contribution in [0.3, 0.4) is 0 Å². The Morgan fingerprint density at radius 3 is 2.58 bits per heavy atom. The maximum Gasteiger partial charge on any atom is 0.253 e. The van der Waals surface area contributed by atoms with Crippen molar-refractivity contribution in [1.29, 1.82) is 0 Å². The number of carbonyl (C=O) groups excluding carboxylic acids is 2. The minimum Gasteiger partial charge on any atom is -0.355 e. The summed E-state index contributed by atoms with van der Waals surface area (Å²) in [6, 6.07) is 12.0. The summed E-state index contributed by atoms with van der Waals surface area (Å²) in [6.07, 6.45) is 2.49. The lowest BCUT2D eigenvalue weighted by Crippen LogP contribution is -2.22. The summed E-state index contributed by atoms with van der Waals surface area (Å²) < 4.78 is 13.6. The van der Waals surface area contributed by atoms with E-state index >= 15 is 0 Å². The van der Waals surface area contributed by atoms with Gasteiger partial charge < -0.3 is 10.6 Å². The molecule has 1 atom stereocenters. The van der Waals surface area contributed by atoms with Crippen LogP contribution in [0, 0.1) is 18.7 Å². The van der Waals surface area contributed by atoms with Gasteiger partial charge in [0.1, 0.15) is 5.82 Å². The zero-order chi connectivity index (χ0) is 18.7. The highest BCUT2D eigenvalue weighted by Crippen LogP contribution is 2.44. The number of para-hydroxylation sites is 1. The summed E-state index contributed by atoms with van der Waals surface area (Å²) in [5.41, 5.74) is 2.53. The highest BCUT2D eigenvalue weighted by molar-refractivity contribution is 6.03. The van der Waals surface area contributed by atoms with Gasteiger partial charge in [-0.3, -0.25) is 9.59 Å². The first-order chi connectivity index (χ1) is 12.5. The van der Waals surface area contributed by atoms with Gasteiger partial charge in [0.15, 0.2) is 0 Å². The molecule has 0 saturated heterocycles. The number of carbonyl (C=O) groups is 2. The van der Waals surface area contributed by atoms with Crippen molar-refractivity contribution in [3.8, 4) is 0 Å². The zero-order valence-electron chi connectivity index (χ0n) is 15.0. The van der Waals surface area contributed by atoms with Gasteiger partial charge in [-0.15, -0.1) is 0 Å². The van der Waals surface area contributed by atoms with E-state index in [0.29, 0.717) is 29.2 Å². The molecule has 4 nitrogen and oxygen atoms in total. The Labute approximate surface area is 152 Å². The molecule has 136 valence electrons. The van der Waals surface area contributed by atoms with Crippen LogP contribution in [0.15, 0.2) is 42.5 Å². The Bertz CT molecular complexity index is 831. The molecule has 1 saturated carbocycles. The summed E-state index contributed by atoms with van der Waals surface area (Å²) in [5.74, 6) is -0.0810. The summed E-state index contributed by atoms with van der Waals surface area (Å²) in [6.45, 7) is 1.74. The Morgan fingerprint density at radius 2 is 1.92 bits per heavy atom. The first-order valence-electron chi connectivity index (χ1n) is 8.86. The van der Waals surface area contributed by atoms with Crippen molar-refractivity contribution in [2.75, 3.05) is 12.4 Å². The standard InChI is InChI=1S/C21H23FN2O2/c1-13-11-15(9-10-18(13)22)17(14-7-8-14)12-20(25)24-19-6-4-3-5-16(19)21(26)23-2/h3-6,9-11,14,17H,7-8,12H2,1-2H3,(H,23,26)(H,24,25). The van der Waals surface area contributed by atoms with E-state index in [4.69, 9.17) is 0 Å². The van der Waals surface area contributed by atoms with Crippen molar-refractivity contribution in [3.05, 3.63) is 65.0 Å². The third-order valence-electron chi connectivity index (χ3n) is 4.88. The fraction of sp³-hybridized carbons (Fsp3) is 0.333. The molecule has 5 heteroatoms. The van der Waals surface area contributed by atoms with E-state index in [1.165, 1.54) is 6.07 Å². The third kappa shape index (κ3) is 4.10. The molecule has 0 spiro atoms. The Kier molecular flexibility index (Phi) is 5.35. The van der Waals surface area contributed by atoms with E-state index in [0.717, 1.165) is 18.4 Å². The minimum atomic E-state index is -0.242. The molecular formula is C21H23FN2O2. The number of amides is 2. The topological polar surface area (TPSA) is 58.2 Å². The fourth-order valence-electron chi connectivity index (χ4n) is 3.28. The van der Waals surface area contributed by atoms with E-state index in [1.54, 1.807) is 44.3 Å². The molecule has 0 bridgehead atoms. The number of anilines is 1. The van der Waals surface area contributed by atoms with Gasteiger partial charge in [-0.2, -0.15) is 0 Å². The Morgan fingerprint density at radius 1 is 1.19 bits per heavy atom.